The van der Waals surface area contributed by atoms with Gasteiger partial charge in [0.25, 0.3) is 5.91 Å². The molecule has 0 heterocycles. The van der Waals surface area contributed by atoms with Crippen LogP contribution >= 0.6 is 11.6 Å². The molecule has 2 aromatic carbocycles. The molecule has 0 spiro atoms. The molecule has 1 unspecified atom stereocenters. The Morgan fingerprint density at radius 3 is 2.57 bits per heavy atom. The molecule has 122 valence electrons. The Bertz CT molecular complexity index is 660. The summed E-state index contributed by atoms with van der Waals surface area (Å²) in [5, 5.41) is 3.61. The van der Waals surface area contributed by atoms with Crippen LogP contribution in [0.5, 0.6) is 11.5 Å². The van der Waals surface area contributed by atoms with Crippen LogP contribution in [0.1, 0.15) is 24.9 Å². The van der Waals surface area contributed by atoms with Gasteiger partial charge in [0.1, 0.15) is 0 Å². The van der Waals surface area contributed by atoms with Crippen molar-refractivity contribution in [1.82, 2.24) is 5.32 Å². The molecule has 0 aliphatic carbocycles. The molecule has 0 aliphatic rings. The summed E-state index contributed by atoms with van der Waals surface area (Å²) in [6, 6.07) is 14.6. The van der Waals surface area contributed by atoms with Gasteiger partial charge in [-0.15, -0.1) is 0 Å². The van der Waals surface area contributed by atoms with Gasteiger partial charge < -0.3 is 14.8 Å². The molecular formula is C18H20ClNO3. The van der Waals surface area contributed by atoms with E-state index in [0.29, 0.717) is 16.5 Å². The maximum atomic E-state index is 12.1. The average Bonchev–Trinajstić information content (AvgIpc) is 2.58. The topological polar surface area (TPSA) is 47.6 Å². The van der Waals surface area contributed by atoms with Crippen LogP contribution in [0, 0.1) is 0 Å². The van der Waals surface area contributed by atoms with Crippen molar-refractivity contribution in [3.05, 3.63) is 59.1 Å². The van der Waals surface area contributed by atoms with Gasteiger partial charge in [0.2, 0.25) is 0 Å². The van der Waals surface area contributed by atoms with Crippen molar-refractivity contribution >= 4 is 17.5 Å². The molecule has 0 aliphatic heterocycles. The summed E-state index contributed by atoms with van der Waals surface area (Å²) < 4.78 is 10.7. The third-order valence-electron chi connectivity index (χ3n) is 3.42. The number of ether oxygens (including phenoxy) is 2. The quantitative estimate of drug-likeness (QED) is 0.833. The van der Waals surface area contributed by atoms with Gasteiger partial charge in [-0.25, -0.2) is 0 Å². The molecule has 2 rings (SSSR count). The maximum Gasteiger partial charge on any atom is 0.258 e. The van der Waals surface area contributed by atoms with Crippen LogP contribution < -0.4 is 14.8 Å². The van der Waals surface area contributed by atoms with E-state index in [0.717, 1.165) is 12.0 Å². The van der Waals surface area contributed by atoms with E-state index in [1.165, 1.54) is 0 Å². The van der Waals surface area contributed by atoms with E-state index in [1.807, 2.05) is 43.3 Å². The molecule has 2 aromatic rings. The molecule has 0 bridgehead atoms. The van der Waals surface area contributed by atoms with Crippen molar-refractivity contribution < 1.29 is 14.3 Å². The molecule has 0 fully saturated rings. The van der Waals surface area contributed by atoms with Gasteiger partial charge in [-0.3, -0.25) is 4.79 Å². The SMILES string of the molecule is CCC(NC(=O)COc1ccccc1OC)c1cccc(Cl)c1. The first-order valence-electron chi connectivity index (χ1n) is 7.44. The summed E-state index contributed by atoms with van der Waals surface area (Å²) in [5.41, 5.74) is 0.977. The van der Waals surface area contributed by atoms with Gasteiger partial charge in [-0.2, -0.15) is 0 Å². The Morgan fingerprint density at radius 1 is 1.17 bits per heavy atom. The zero-order valence-corrected chi connectivity index (χ0v) is 14.0. The number of methoxy groups -OCH3 is 1. The lowest BCUT2D eigenvalue weighted by molar-refractivity contribution is -0.123. The third-order valence-corrected chi connectivity index (χ3v) is 3.66. The summed E-state index contributed by atoms with van der Waals surface area (Å²) in [6.45, 7) is 1.93. The van der Waals surface area contributed by atoms with E-state index in [4.69, 9.17) is 21.1 Å². The number of hydrogen-bond donors (Lipinski definition) is 1. The van der Waals surface area contributed by atoms with Crippen LogP contribution in [0.4, 0.5) is 0 Å². The van der Waals surface area contributed by atoms with Gasteiger partial charge in [-0.05, 0) is 36.2 Å². The highest BCUT2D eigenvalue weighted by Gasteiger charge is 2.14. The first kappa shape index (κ1) is 17.2. The zero-order valence-electron chi connectivity index (χ0n) is 13.2. The number of carbonyl (C=O) groups excluding carboxylic acids is 1. The predicted molar refractivity (Wildman–Crippen MR) is 91.1 cm³/mol. The second-order valence-electron chi connectivity index (χ2n) is 5.02. The highest BCUT2D eigenvalue weighted by atomic mass is 35.5. The van der Waals surface area contributed by atoms with Crippen LogP contribution in [-0.4, -0.2) is 19.6 Å². The Labute approximate surface area is 141 Å². The van der Waals surface area contributed by atoms with E-state index in [1.54, 1.807) is 19.2 Å². The molecule has 0 aromatic heterocycles. The van der Waals surface area contributed by atoms with Gasteiger partial charge in [0.05, 0.1) is 13.2 Å². The van der Waals surface area contributed by atoms with Gasteiger partial charge >= 0.3 is 0 Å². The molecule has 0 radical (unpaired) electrons. The minimum atomic E-state index is -0.192. The molecule has 4 nitrogen and oxygen atoms in total. The minimum absolute atomic E-state index is 0.0720. The van der Waals surface area contributed by atoms with Crippen molar-refractivity contribution in [3.63, 3.8) is 0 Å². The molecule has 0 saturated heterocycles. The smallest absolute Gasteiger partial charge is 0.258 e. The highest BCUT2D eigenvalue weighted by molar-refractivity contribution is 6.30. The van der Waals surface area contributed by atoms with Crippen LogP contribution in [0.2, 0.25) is 5.02 Å². The average molecular weight is 334 g/mol. The first-order chi connectivity index (χ1) is 11.1. The lowest BCUT2D eigenvalue weighted by Crippen LogP contribution is -2.32. The monoisotopic (exact) mass is 333 g/mol. The van der Waals surface area contributed by atoms with Crippen LogP contribution in [-0.2, 0) is 4.79 Å². The molecular weight excluding hydrogens is 314 g/mol. The number of para-hydroxylation sites is 2. The summed E-state index contributed by atoms with van der Waals surface area (Å²) >= 11 is 6.01. The lowest BCUT2D eigenvalue weighted by Gasteiger charge is -2.18. The van der Waals surface area contributed by atoms with Crippen LogP contribution in [0.25, 0.3) is 0 Å². The fourth-order valence-electron chi connectivity index (χ4n) is 2.26. The normalized spacial score (nSPS) is 11.6. The Balaban J connectivity index is 1.95. The first-order valence-corrected chi connectivity index (χ1v) is 7.82. The Morgan fingerprint density at radius 2 is 1.91 bits per heavy atom. The fraction of sp³-hybridized carbons (Fsp3) is 0.278. The predicted octanol–water partition coefficient (Wildman–Crippen LogP) is 3.99. The standard InChI is InChI=1S/C18H20ClNO3/c1-3-15(13-7-6-8-14(19)11-13)20-18(21)12-23-17-10-5-4-9-16(17)22-2/h4-11,15H,3,12H2,1-2H3,(H,20,21). The van der Waals surface area contributed by atoms with E-state index < -0.39 is 0 Å². The number of hydrogen-bond acceptors (Lipinski definition) is 3. The van der Waals surface area contributed by atoms with Gasteiger partial charge in [-0.1, -0.05) is 42.8 Å². The summed E-state index contributed by atoms with van der Waals surface area (Å²) in [6.07, 6.45) is 0.765. The van der Waals surface area contributed by atoms with Crippen molar-refractivity contribution in [1.29, 1.82) is 0 Å². The zero-order chi connectivity index (χ0) is 16.7. The van der Waals surface area contributed by atoms with Crippen molar-refractivity contribution in [2.45, 2.75) is 19.4 Å². The molecule has 1 amide bonds. The molecule has 1 N–H and O–H groups in total. The number of benzene rings is 2. The number of rotatable bonds is 7. The number of halogens is 1. The molecule has 5 heteroatoms. The van der Waals surface area contributed by atoms with E-state index >= 15 is 0 Å². The van der Waals surface area contributed by atoms with E-state index in [2.05, 4.69) is 5.32 Å². The van der Waals surface area contributed by atoms with Crippen molar-refractivity contribution in [2.24, 2.45) is 0 Å². The minimum Gasteiger partial charge on any atom is -0.493 e. The Hall–Kier alpha value is -2.20. The van der Waals surface area contributed by atoms with Crippen molar-refractivity contribution in [2.75, 3.05) is 13.7 Å². The highest BCUT2D eigenvalue weighted by Crippen LogP contribution is 2.25. The summed E-state index contributed by atoms with van der Waals surface area (Å²) in [7, 11) is 1.56. The largest absolute Gasteiger partial charge is 0.493 e. The summed E-state index contributed by atoms with van der Waals surface area (Å²) in [5.74, 6) is 0.950. The third kappa shape index (κ3) is 4.89. The summed E-state index contributed by atoms with van der Waals surface area (Å²) in [4.78, 5) is 12.1. The van der Waals surface area contributed by atoms with E-state index in [9.17, 15) is 4.79 Å². The van der Waals surface area contributed by atoms with Crippen molar-refractivity contribution in [3.8, 4) is 11.5 Å². The second-order valence-corrected chi connectivity index (χ2v) is 5.46. The maximum absolute atomic E-state index is 12.1. The van der Waals surface area contributed by atoms with Crippen LogP contribution in [0.3, 0.4) is 0 Å². The van der Waals surface area contributed by atoms with Gasteiger partial charge in [0, 0.05) is 5.02 Å². The second kappa shape index (κ2) is 8.44. The van der Waals surface area contributed by atoms with E-state index in [-0.39, 0.29) is 18.6 Å². The van der Waals surface area contributed by atoms with Gasteiger partial charge in [0.15, 0.2) is 18.1 Å². The Kier molecular flexibility index (Phi) is 6.29. The number of carbonyl (C=O) groups is 1. The molecule has 23 heavy (non-hydrogen) atoms. The van der Waals surface area contributed by atoms with Crippen LogP contribution in [0.15, 0.2) is 48.5 Å². The molecule has 1 atom stereocenters. The number of amides is 1. The fourth-order valence-corrected chi connectivity index (χ4v) is 2.46. The lowest BCUT2D eigenvalue weighted by atomic mass is 10.0. The number of nitrogens with one attached hydrogen (secondary N) is 1. The molecule has 0 saturated carbocycles.